The van der Waals surface area contributed by atoms with Crippen molar-refractivity contribution in [1.29, 1.82) is 0 Å². The van der Waals surface area contributed by atoms with Crippen molar-refractivity contribution in [1.82, 2.24) is 25.1 Å². The molecular formula is C16H9F3N6O4. The van der Waals surface area contributed by atoms with Crippen LogP contribution in [0.1, 0.15) is 11.5 Å². The number of anilines is 1. The maximum atomic E-state index is 12.5. The first kappa shape index (κ1) is 18.3. The van der Waals surface area contributed by atoms with Crippen molar-refractivity contribution in [2.75, 3.05) is 5.32 Å². The van der Waals surface area contributed by atoms with E-state index in [0.29, 0.717) is 11.1 Å². The Bertz CT molecular complexity index is 1160. The first-order chi connectivity index (χ1) is 13.9. The van der Waals surface area contributed by atoms with E-state index in [9.17, 15) is 18.0 Å². The van der Waals surface area contributed by atoms with Gasteiger partial charge in [0.1, 0.15) is 12.2 Å². The molecule has 0 fully saturated rings. The molecule has 0 unspecified atom stereocenters. The number of alkyl halides is 3. The minimum absolute atomic E-state index is 0.0683. The molecule has 10 nitrogen and oxygen atoms in total. The van der Waals surface area contributed by atoms with Crippen LogP contribution >= 0.6 is 0 Å². The quantitative estimate of drug-likeness (QED) is 0.542. The second-order valence-corrected chi connectivity index (χ2v) is 5.55. The molecule has 148 valence electrons. The van der Waals surface area contributed by atoms with E-state index in [1.807, 2.05) is 0 Å². The molecular weight excluding hydrogens is 397 g/mol. The van der Waals surface area contributed by atoms with Gasteiger partial charge in [0.2, 0.25) is 11.8 Å². The lowest BCUT2D eigenvalue weighted by molar-refractivity contribution is -0.159. The molecule has 0 aliphatic carbocycles. The van der Waals surface area contributed by atoms with Crippen LogP contribution in [0.5, 0.6) is 0 Å². The molecule has 4 heterocycles. The van der Waals surface area contributed by atoms with Crippen LogP contribution in [0, 0.1) is 0 Å². The zero-order valence-electron chi connectivity index (χ0n) is 14.2. The van der Waals surface area contributed by atoms with Gasteiger partial charge in [-0.3, -0.25) is 10.3 Å². The van der Waals surface area contributed by atoms with Gasteiger partial charge < -0.3 is 13.7 Å². The van der Waals surface area contributed by atoms with Crippen molar-refractivity contribution in [2.45, 2.75) is 12.8 Å². The molecule has 4 aromatic heterocycles. The molecule has 0 aromatic carbocycles. The van der Waals surface area contributed by atoms with Crippen LogP contribution in [0.15, 0.2) is 46.1 Å². The van der Waals surface area contributed by atoms with Gasteiger partial charge in [0, 0.05) is 30.2 Å². The van der Waals surface area contributed by atoms with Gasteiger partial charge >= 0.3 is 18.2 Å². The minimum atomic E-state index is -4.76. The van der Waals surface area contributed by atoms with Crippen molar-refractivity contribution in [2.24, 2.45) is 0 Å². The summed E-state index contributed by atoms with van der Waals surface area (Å²) >= 11 is 0. The van der Waals surface area contributed by atoms with Crippen LogP contribution in [0.2, 0.25) is 0 Å². The van der Waals surface area contributed by atoms with Crippen LogP contribution in [0.4, 0.5) is 23.9 Å². The maximum absolute atomic E-state index is 12.5. The zero-order chi connectivity index (χ0) is 20.4. The summed E-state index contributed by atoms with van der Waals surface area (Å²) in [4.78, 5) is 26.7. The van der Waals surface area contributed by atoms with E-state index in [2.05, 4.69) is 34.9 Å². The second kappa shape index (κ2) is 7.18. The SMILES string of the molecule is O=C(Nc1ncc(-c2noc(C(F)(F)F)n2)cn1)OCc1cncc2ccoc12. The molecule has 0 spiro atoms. The number of aromatic nitrogens is 5. The number of hydrogen-bond donors (Lipinski definition) is 1. The van der Waals surface area contributed by atoms with Crippen molar-refractivity contribution < 1.29 is 31.6 Å². The summed E-state index contributed by atoms with van der Waals surface area (Å²) in [6.45, 7) is -0.106. The average Bonchev–Trinajstić information content (AvgIpc) is 3.36. The third kappa shape index (κ3) is 3.97. The molecule has 0 aliphatic rings. The Hall–Kier alpha value is -4.03. The molecule has 1 amide bonds. The summed E-state index contributed by atoms with van der Waals surface area (Å²) in [6, 6.07) is 1.72. The lowest BCUT2D eigenvalue weighted by atomic mass is 10.2. The van der Waals surface area contributed by atoms with Crippen molar-refractivity contribution in [3.8, 4) is 11.4 Å². The van der Waals surface area contributed by atoms with E-state index < -0.39 is 18.2 Å². The van der Waals surface area contributed by atoms with Gasteiger partial charge in [-0.05, 0) is 6.07 Å². The number of fused-ring (bicyclic) bond motifs is 1. The molecule has 0 atom stereocenters. The Kier molecular flexibility index (Phi) is 4.54. The second-order valence-electron chi connectivity index (χ2n) is 5.55. The van der Waals surface area contributed by atoms with Crippen LogP contribution in [-0.4, -0.2) is 31.2 Å². The summed E-state index contributed by atoms with van der Waals surface area (Å²) in [7, 11) is 0. The number of furan rings is 1. The smallest absolute Gasteiger partial charge is 0.464 e. The Morgan fingerprint density at radius 1 is 1.17 bits per heavy atom. The molecule has 13 heteroatoms. The largest absolute Gasteiger partial charge is 0.471 e. The van der Waals surface area contributed by atoms with Crippen molar-refractivity contribution >= 4 is 23.0 Å². The number of ether oxygens (including phenoxy) is 1. The van der Waals surface area contributed by atoms with Gasteiger partial charge in [-0.15, -0.1) is 0 Å². The van der Waals surface area contributed by atoms with Crippen LogP contribution in [0.25, 0.3) is 22.4 Å². The lowest BCUT2D eigenvalue weighted by Gasteiger charge is -2.06. The van der Waals surface area contributed by atoms with Gasteiger partial charge in [0.15, 0.2) is 0 Å². The van der Waals surface area contributed by atoms with Crippen LogP contribution in [0.3, 0.4) is 0 Å². The summed E-state index contributed by atoms with van der Waals surface area (Å²) < 4.78 is 52.0. The van der Waals surface area contributed by atoms with Crippen molar-refractivity contribution in [3.05, 3.63) is 48.6 Å². The molecule has 1 N–H and O–H groups in total. The third-order valence-electron chi connectivity index (χ3n) is 3.58. The van der Waals surface area contributed by atoms with E-state index in [0.717, 1.165) is 17.8 Å². The normalized spacial score (nSPS) is 11.6. The zero-order valence-corrected chi connectivity index (χ0v) is 14.2. The Morgan fingerprint density at radius 2 is 1.97 bits per heavy atom. The molecule has 0 bridgehead atoms. The number of amides is 1. The number of carbonyl (C=O) groups excluding carboxylic acids is 1. The fraction of sp³-hybridized carbons (Fsp3) is 0.125. The van der Waals surface area contributed by atoms with E-state index in [4.69, 9.17) is 9.15 Å². The number of carbonyl (C=O) groups is 1. The molecule has 0 aliphatic heterocycles. The predicted octanol–water partition coefficient (Wildman–Crippen LogP) is 3.44. The maximum Gasteiger partial charge on any atom is 0.471 e. The highest BCUT2D eigenvalue weighted by molar-refractivity contribution is 5.83. The lowest BCUT2D eigenvalue weighted by Crippen LogP contribution is -2.15. The topological polar surface area (TPSA) is 129 Å². The monoisotopic (exact) mass is 406 g/mol. The van der Waals surface area contributed by atoms with Gasteiger partial charge in [0.25, 0.3) is 0 Å². The Balaban J connectivity index is 1.38. The summed E-state index contributed by atoms with van der Waals surface area (Å²) in [6.07, 6.45) is 1.26. The number of nitrogens with one attached hydrogen (secondary N) is 1. The number of nitrogens with zero attached hydrogens (tertiary/aromatic N) is 5. The molecule has 0 saturated heterocycles. The van der Waals surface area contributed by atoms with E-state index >= 15 is 0 Å². The summed E-state index contributed by atoms with van der Waals surface area (Å²) in [5.74, 6) is -1.96. The fourth-order valence-corrected chi connectivity index (χ4v) is 2.29. The standard InChI is InChI=1S/C16H9F3N6O4/c17-16(18,19)13-23-12(25-29-13)9-5-21-14(22-6-9)24-15(26)28-7-10-4-20-3-8-1-2-27-11(8)10/h1-6H,7H2,(H,21,22,24,26). The number of halogens is 3. The van der Waals surface area contributed by atoms with Gasteiger partial charge in [-0.2, -0.15) is 18.2 Å². The number of rotatable bonds is 4. The first-order valence-corrected chi connectivity index (χ1v) is 7.87. The van der Waals surface area contributed by atoms with Crippen LogP contribution in [-0.2, 0) is 17.5 Å². The molecule has 4 rings (SSSR count). The highest BCUT2D eigenvalue weighted by Crippen LogP contribution is 2.29. The molecule has 0 saturated carbocycles. The number of hydrogen-bond acceptors (Lipinski definition) is 9. The summed E-state index contributed by atoms with van der Waals surface area (Å²) in [5.41, 5.74) is 1.18. The highest BCUT2D eigenvalue weighted by Gasteiger charge is 2.38. The average molecular weight is 406 g/mol. The third-order valence-corrected chi connectivity index (χ3v) is 3.58. The van der Waals surface area contributed by atoms with E-state index in [1.54, 1.807) is 12.3 Å². The Labute approximate surface area is 158 Å². The first-order valence-electron chi connectivity index (χ1n) is 7.87. The Morgan fingerprint density at radius 3 is 2.69 bits per heavy atom. The van der Waals surface area contributed by atoms with Gasteiger partial charge in [-0.25, -0.2) is 14.8 Å². The fourth-order valence-electron chi connectivity index (χ4n) is 2.29. The summed E-state index contributed by atoms with van der Waals surface area (Å²) in [5, 5.41) is 6.26. The number of pyridine rings is 1. The van der Waals surface area contributed by atoms with E-state index in [1.165, 1.54) is 12.5 Å². The van der Waals surface area contributed by atoms with Gasteiger partial charge in [-0.1, -0.05) is 5.16 Å². The van der Waals surface area contributed by atoms with Crippen molar-refractivity contribution in [3.63, 3.8) is 0 Å². The molecule has 29 heavy (non-hydrogen) atoms. The predicted molar refractivity (Wildman–Crippen MR) is 88.1 cm³/mol. The highest BCUT2D eigenvalue weighted by atomic mass is 19.4. The minimum Gasteiger partial charge on any atom is -0.464 e. The molecule has 0 radical (unpaired) electrons. The molecule has 4 aromatic rings. The van der Waals surface area contributed by atoms with E-state index in [-0.39, 0.29) is 23.9 Å². The van der Waals surface area contributed by atoms with Crippen LogP contribution < -0.4 is 5.32 Å². The van der Waals surface area contributed by atoms with Gasteiger partial charge in [0.05, 0.1) is 17.4 Å².